The van der Waals surface area contributed by atoms with Crippen molar-refractivity contribution in [3.05, 3.63) is 53.7 Å². The van der Waals surface area contributed by atoms with E-state index in [9.17, 15) is 4.79 Å². The number of hydrogen-bond donors (Lipinski definition) is 1. The number of carbonyl (C=O) groups excluding carboxylic acids is 1. The first kappa shape index (κ1) is 16.1. The first-order valence-corrected chi connectivity index (χ1v) is 9.59. The largest absolute Gasteiger partial charge is 0.456 e. The molecule has 0 atom stereocenters. The Morgan fingerprint density at radius 3 is 2.84 bits per heavy atom. The molecule has 0 aliphatic heterocycles. The number of furan rings is 1. The Bertz CT molecular complexity index is 856. The van der Waals surface area contributed by atoms with Gasteiger partial charge in [0.2, 0.25) is 0 Å². The molecule has 1 fully saturated rings. The average Bonchev–Trinajstić information content (AvgIpc) is 3.29. The van der Waals surface area contributed by atoms with Crippen LogP contribution in [0.3, 0.4) is 0 Å². The van der Waals surface area contributed by atoms with Crippen LogP contribution in [-0.2, 0) is 4.79 Å². The zero-order chi connectivity index (χ0) is 17.1. The topological polar surface area (TPSA) is 55.1 Å². The minimum Gasteiger partial charge on any atom is -0.456 e. The second kappa shape index (κ2) is 7.23. The van der Waals surface area contributed by atoms with E-state index >= 15 is 0 Å². The molecule has 2 heterocycles. The van der Waals surface area contributed by atoms with Crippen LogP contribution in [0.5, 0.6) is 0 Å². The van der Waals surface area contributed by atoms with Gasteiger partial charge in [0.25, 0.3) is 5.91 Å². The molecule has 25 heavy (non-hydrogen) atoms. The van der Waals surface area contributed by atoms with E-state index in [0.29, 0.717) is 22.4 Å². The van der Waals surface area contributed by atoms with Crippen LogP contribution < -0.4 is 5.32 Å². The third-order valence-corrected chi connectivity index (χ3v) is 5.33. The van der Waals surface area contributed by atoms with E-state index in [1.807, 2.05) is 35.7 Å². The lowest BCUT2D eigenvalue weighted by molar-refractivity contribution is -0.111. The van der Waals surface area contributed by atoms with Gasteiger partial charge in [-0.3, -0.25) is 10.1 Å². The summed E-state index contributed by atoms with van der Waals surface area (Å²) in [5, 5.41) is 6.36. The van der Waals surface area contributed by atoms with Gasteiger partial charge in [0.05, 0.1) is 5.57 Å². The van der Waals surface area contributed by atoms with Crippen molar-refractivity contribution in [2.75, 3.05) is 5.32 Å². The number of para-hydroxylation sites is 1. The first-order chi connectivity index (χ1) is 12.3. The smallest absolute Gasteiger partial charge is 0.260 e. The van der Waals surface area contributed by atoms with Crippen molar-refractivity contribution in [2.24, 2.45) is 5.92 Å². The molecule has 2 aromatic heterocycles. The Labute approximate surface area is 150 Å². The summed E-state index contributed by atoms with van der Waals surface area (Å²) in [5.41, 5.74) is 1.41. The predicted octanol–water partition coefficient (Wildman–Crippen LogP) is 5.49. The molecule has 1 aromatic carbocycles. The third kappa shape index (κ3) is 3.66. The summed E-state index contributed by atoms with van der Waals surface area (Å²) in [4.78, 5) is 17.0. The zero-order valence-electron chi connectivity index (χ0n) is 13.9. The van der Waals surface area contributed by atoms with E-state index in [1.54, 1.807) is 6.20 Å². The quantitative estimate of drug-likeness (QED) is 0.632. The number of nitrogens with one attached hydrogen (secondary N) is 1. The normalized spacial score (nSPS) is 16.2. The summed E-state index contributed by atoms with van der Waals surface area (Å²) in [5.74, 6) is 0.902. The molecule has 1 amide bonds. The number of carbonyl (C=O) groups is 1. The lowest BCUT2D eigenvalue weighted by Crippen LogP contribution is -2.15. The SMILES string of the molecule is O=C(Nc1nccs1)C(=CC1CCCCC1)c1cc2ccccc2o1. The molecule has 0 unspecified atom stereocenters. The molecule has 4 rings (SSSR count). The van der Waals surface area contributed by atoms with Crippen LogP contribution in [0.2, 0.25) is 0 Å². The number of anilines is 1. The van der Waals surface area contributed by atoms with Crippen molar-refractivity contribution in [3.8, 4) is 0 Å². The number of hydrogen-bond acceptors (Lipinski definition) is 4. The number of amides is 1. The number of rotatable bonds is 4. The van der Waals surface area contributed by atoms with Crippen molar-refractivity contribution >= 4 is 38.9 Å². The average molecular weight is 352 g/mol. The second-order valence-electron chi connectivity index (χ2n) is 6.42. The Hall–Kier alpha value is -2.40. The van der Waals surface area contributed by atoms with E-state index in [0.717, 1.165) is 23.8 Å². The summed E-state index contributed by atoms with van der Waals surface area (Å²) in [6.45, 7) is 0. The lowest BCUT2D eigenvalue weighted by Gasteiger charge is -2.19. The molecule has 0 radical (unpaired) electrons. The Kier molecular flexibility index (Phi) is 4.65. The molecule has 5 heteroatoms. The standard InChI is InChI=1S/C20H20N2O2S/c23-19(22-20-21-10-11-25-20)16(12-14-6-2-1-3-7-14)18-13-15-8-4-5-9-17(15)24-18/h4-5,8-14H,1-3,6-7H2,(H,21,22,23). The zero-order valence-corrected chi connectivity index (χ0v) is 14.7. The number of benzene rings is 1. The number of aromatic nitrogens is 1. The van der Waals surface area contributed by atoms with Gasteiger partial charge >= 0.3 is 0 Å². The van der Waals surface area contributed by atoms with Gasteiger partial charge in [0.15, 0.2) is 5.13 Å². The van der Waals surface area contributed by atoms with Crippen LogP contribution >= 0.6 is 11.3 Å². The van der Waals surface area contributed by atoms with E-state index in [1.165, 1.54) is 30.6 Å². The lowest BCUT2D eigenvalue weighted by atomic mass is 9.87. The highest BCUT2D eigenvalue weighted by Gasteiger charge is 2.21. The molecular weight excluding hydrogens is 332 g/mol. The summed E-state index contributed by atoms with van der Waals surface area (Å²) >= 11 is 1.41. The number of allylic oxidation sites excluding steroid dienone is 1. The molecule has 0 saturated heterocycles. The first-order valence-electron chi connectivity index (χ1n) is 8.71. The van der Waals surface area contributed by atoms with Crippen molar-refractivity contribution in [1.29, 1.82) is 0 Å². The van der Waals surface area contributed by atoms with Crippen molar-refractivity contribution in [3.63, 3.8) is 0 Å². The number of nitrogens with zero attached hydrogens (tertiary/aromatic N) is 1. The predicted molar refractivity (Wildman–Crippen MR) is 102 cm³/mol. The Morgan fingerprint density at radius 2 is 2.08 bits per heavy atom. The maximum atomic E-state index is 12.9. The minimum absolute atomic E-state index is 0.153. The highest BCUT2D eigenvalue weighted by Crippen LogP contribution is 2.31. The maximum Gasteiger partial charge on any atom is 0.260 e. The Morgan fingerprint density at radius 1 is 1.24 bits per heavy atom. The van der Waals surface area contributed by atoms with E-state index in [-0.39, 0.29) is 5.91 Å². The van der Waals surface area contributed by atoms with Crippen LogP contribution in [-0.4, -0.2) is 10.9 Å². The van der Waals surface area contributed by atoms with E-state index in [4.69, 9.17) is 4.42 Å². The van der Waals surface area contributed by atoms with Crippen LogP contribution in [0.15, 0.2) is 52.4 Å². The molecule has 1 aliphatic rings. The van der Waals surface area contributed by atoms with Crippen molar-refractivity contribution in [2.45, 2.75) is 32.1 Å². The van der Waals surface area contributed by atoms with Gasteiger partial charge in [0.1, 0.15) is 11.3 Å². The minimum atomic E-state index is -0.153. The van der Waals surface area contributed by atoms with Gasteiger partial charge in [0, 0.05) is 17.0 Å². The fourth-order valence-electron chi connectivity index (χ4n) is 3.37. The second-order valence-corrected chi connectivity index (χ2v) is 7.31. The molecule has 128 valence electrons. The van der Waals surface area contributed by atoms with Crippen LogP contribution in [0.25, 0.3) is 16.5 Å². The van der Waals surface area contributed by atoms with Gasteiger partial charge < -0.3 is 4.42 Å². The molecular formula is C20H20N2O2S. The van der Waals surface area contributed by atoms with Gasteiger partial charge in [-0.05, 0) is 30.9 Å². The van der Waals surface area contributed by atoms with Crippen LogP contribution in [0.4, 0.5) is 5.13 Å². The fourth-order valence-corrected chi connectivity index (χ4v) is 3.89. The molecule has 0 spiro atoms. The van der Waals surface area contributed by atoms with E-state index < -0.39 is 0 Å². The summed E-state index contributed by atoms with van der Waals surface area (Å²) in [6, 6.07) is 9.79. The highest BCUT2D eigenvalue weighted by molar-refractivity contribution is 7.13. The van der Waals surface area contributed by atoms with Gasteiger partial charge in [-0.2, -0.15) is 0 Å². The summed E-state index contributed by atoms with van der Waals surface area (Å²) in [7, 11) is 0. The van der Waals surface area contributed by atoms with Gasteiger partial charge in [-0.25, -0.2) is 4.98 Å². The van der Waals surface area contributed by atoms with Crippen LogP contribution in [0.1, 0.15) is 37.9 Å². The van der Waals surface area contributed by atoms with E-state index in [2.05, 4.69) is 16.4 Å². The monoisotopic (exact) mass is 352 g/mol. The molecule has 1 aliphatic carbocycles. The number of thiazole rings is 1. The molecule has 1 N–H and O–H groups in total. The van der Waals surface area contributed by atoms with Gasteiger partial charge in [-0.15, -0.1) is 11.3 Å². The molecule has 4 nitrogen and oxygen atoms in total. The summed E-state index contributed by atoms with van der Waals surface area (Å²) in [6.07, 6.45) is 9.79. The molecule has 3 aromatic rings. The molecule has 1 saturated carbocycles. The third-order valence-electron chi connectivity index (χ3n) is 4.64. The fraction of sp³-hybridized carbons (Fsp3) is 0.300. The molecule has 0 bridgehead atoms. The maximum absolute atomic E-state index is 12.9. The van der Waals surface area contributed by atoms with Crippen LogP contribution in [0, 0.1) is 5.92 Å². The Balaban J connectivity index is 1.69. The summed E-state index contributed by atoms with van der Waals surface area (Å²) < 4.78 is 5.97. The van der Waals surface area contributed by atoms with Crippen molar-refractivity contribution < 1.29 is 9.21 Å². The highest BCUT2D eigenvalue weighted by atomic mass is 32.1. The van der Waals surface area contributed by atoms with Crippen molar-refractivity contribution in [1.82, 2.24) is 4.98 Å². The van der Waals surface area contributed by atoms with Gasteiger partial charge in [-0.1, -0.05) is 43.5 Å². The number of fused-ring (bicyclic) bond motifs is 1.